The highest BCUT2D eigenvalue weighted by molar-refractivity contribution is 6.31. The first-order valence-corrected chi connectivity index (χ1v) is 7.36. The molecule has 1 atom stereocenters. The van der Waals surface area contributed by atoms with Crippen molar-refractivity contribution in [3.63, 3.8) is 0 Å². The third kappa shape index (κ3) is 3.20. The van der Waals surface area contributed by atoms with Crippen LogP contribution in [0.5, 0.6) is 5.75 Å². The zero-order valence-electron chi connectivity index (χ0n) is 12.7. The van der Waals surface area contributed by atoms with Gasteiger partial charge in [0.2, 0.25) is 6.35 Å². The number of aliphatic hydroxyl groups is 1. The lowest BCUT2D eigenvalue weighted by molar-refractivity contribution is 0.0541. The third-order valence-corrected chi connectivity index (χ3v) is 3.95. The molecule has 0 radical (unpaired) electrons. The van der Waals surface area contributed by atoms with Crippen molar-refractivity contribution in [1.29, 1.82) is 0 Å². The van der Waals surface area contributed by atoms with E-state index < -0.39 is 6.35 Å². The van der Waals surface area contributed by atoms with Crippen LogP contribution in [0.2, 0.25) is 5.02 Å². The zero-order chi connectivity index (χ0) is 16.4. The number of nitrogens with zero attached hydrogens (tertiary/aromatic N) is 4. The summed E-state index contributed by atoms with van der Waals surface area (Å²) in [5, 5.41) is 14.2. The molecule has 3 rings (SSSR count). The van der Waals surface area contributed by atoms with Crippen molar-refractivity contribution in [3.05, 3.63) is 41.3 Å². The van der Waals surface area contributed by atoms with Crippen LogP contribution in [0, 0.1) is 6.92 Å². The van der Waals surface area contributed by atoms with Crippen molar-refractivity contribution in [2.45, 2.75) is 13.3 Å². The molecule has 0 spiro atoms. The number of hydrazone groups is 1. The van der Waals surface area contributed by atoms with E-state index in [-0.39, 0.29) is 6.61 Å². The molecule has 23 heavy (non-hydrogen) atoms. The van der Waals surface area contributed by atoms with Gasteiger partial charge >= 0.3 is 0 Å². The Morgan fingerprint density at radius 2 is 2.22 bits per heavy atom. The summed E-state index contributed by atoms with van der Waals surface area (Å²) in [5.74, 6) is 1.22. The van der Waals surface area contributed by atoms with Gasteiger partial charge in [0.1, 0.15) is 12.4 Å². The van der Waals surface area contributed by atoms with Crippen LogP contribution in [-0.4, -0.2) is 45.8 Å². The molecular formula is C15H16ClN5O2. The van der Waals surface area contributed by atoms with Crippen molar-refractivity contribution in [3.8, 4) is 17.0 Å². The van der Waals surface area contributed by atoms with Crippen LogP contribution in [-0.2, 0) is 0 Å². The van der Waals surface area contributed by atoms with E-state index in [1.54, 1.807) is 30.5 Å². The van der Waals surface area contributed by atoms with Crippen molar-refractivity contribution in [1.82, 2.24) is 20.3 Å². The molecule has 0 saturated heterocycles. The normalized spacial score (nSPS) is 17.0. The number of nitrogens with one attached hydrogen (secondary N) is 1. The van der Waals surface area contributed by atoms with Gasteiger partial charge in [0.15, 0.2) is 5.84 Å². The van der Waals surface area contributed by atoms with E-state index in [2.05, 4.69) is 20.5 Å². The zero-order valence-corrected chi connectivity index (χ0v) is 13.4. The molecule has 1 aliphatic rings. The highest BCUT2D eigenvalue weighted by atomic mass is 35.5. The van der Waals surface area contributed by atoms with E-state index in [0.29, 0.717) is 22.3 Å². The summed E-state index contributed by atoms with van der Waals surface area (Å²) in [5.41, 5.74) is 4.89. The minimum Gasteiger partial charge on any atom is -0.485 e. The summed E-state index contributed by atoms with van der Waals surface area (Å²) < 4.78 is 5.88. The van der Waals surface area contributed by atoms with Gasteiger partial charge in [-0.05, 0) is 24.6 Å². The fourth-order valence-corrected chi connectivity index (χ4v) is 2.29. The van der Waals surface area contributed by atoms with Gasteiger partial charge in [-0.15, -0.1) is 0 Å². The lowest BCUT2D eigenvalue weighted by Gasteiger charge is -2.18. The van der Waals surface area contributed by atoms with E-state index in [9.17, 15) is 5.11 Å². The largest absolute Gasteiger partial charge is 0.485 e. The van der Waals surface area contributed by atoms with E-state index in [4.69, 9.17) is 16.3 Å². The number of ether oxygens (including phenoxy) is 1. The molecule has 7 nitrogen and oxygen atoms in total. The maximum atomic E-state index is 9.59. The first-order chi connectivity index (χ1) is 11.1. The number of aromatic nitrogens is 2. The van der Waals surface area contributed by atoms with Gasteiger partial charge in [-0.3, -0.25) is 15.4 Å². The standard InChI is InChI=1S/C15H16ClN5O2/c1-9-5-13(23-8-14-19-20-15(22)21(14)2)10(6-11(9)16)12-7-17-3-4-18-12/h3-7,15,20,22H,8H2,1-2H3. The maximum absolute atomic E-state index is 9.59. The second-order valence-corrected chi connectivity index (χ2v) is 5.53. The van der Waals surface area contributed by atoms with Crippen molar-refractivity contribution >= 4 is 17.4 Å². The minimum atomic E-state index is -0.833. The van der Waals surface area contributed by atoms with Crippen LogP contribution in [0.25, 0.3) is 11.3 Å². The first kappa shape index (κ1) is 15.5. The van der Waals surface area contributed by atoms with Crippen LogP contribution in [0.15, 0.2) is 35.8 Å². The molecule has 120 valence electrons. The molecule has 1 unspecified atom stereocenters. The van der Waals surface area contributed by atoms with Crippen molar-refractivity contribution in [2.24, 2.45) is 5.10 Å². The molecule has 2 aromatic rings. The van der Waals surface area contributed by atoms with Gasteiger partial charge in [0.25, 0.3) is 0 Å². The molecule has 1 aromatic heterocycles. The molecule has 8 heteroatoms. The Morgan fingerprint density at radius 3 is 2.87 bits per heavy atom. The van der Waals surface area contributed by atoms with Gasteiger partial charge in [-0.25, -0.2) is 0 Å². The van der Waals surface area contributed by atoms with Gasteiger partial charge in [-0.1, -0.05) is 11.6 Å². The Bertz CT molecular complexity index is 738. The van der Waals surface area contributed by atoms with Crippen LogP contribution in [0.3, 0.4) is 0 Å². The molecule has 2 N–H and O–H groups in total. The number of amidine groups is 1. The lowest BCUT2D eigenvalue weighted by Crippen LogP contribution is -2.38. The highest BCUT2D eigenvalue weighted by Gasteiger charge is 2.22. The number of hydrogen-bond acceptors (Lipinski definition) is 7. The highest BCUT2D eigenvalue weighted by Crippen LogP contribution is 2.33. The number of halogens is 1. The maximum Gasteiger partial charge on any atom is 0.221 e. The Morgan fingerprint density at radius 1 is 1.39 bits per heavy atom. The molecule has 0 fully saturated rings. The van der Waals surface area contributed by atoms with Gasteiger partial charge in [0.05, 0.1) is 11.9 Å². The third-order valence-electron chi connectivity index (χ3n) is 3.54. The Hall–Kier alpha value is -2.38. The molecule has 0 bridgehead atoms. The van der Waals surface area contributed by atoms with Crippen LogP contribution < -0.4 is 10.2 Å². The minimum absolute atomic E-state index is 0.203. The van der Waals surface area contributed by atoms with Crippen molar-refractivity contribution in [2.75, 3.05) is 13.7 Å². The molecule has 0 amide bonds. The van der Waals surface area contributed by atoms with Crippen LogP contribution in [0.1, 0.15) is 5.56 Å². The summed E-state index contributed by atoms with van der Waals surface area (Å²) in [7, 11) is 1.73. The molecule has 0 saturated carbocycles. The first-order valence-electron chi connectivity index (χ1n) is 6.98. The van der Waals surface area contributed by atoms with E-state index in [0.717, 1.165) is 11.1 Å². The second-order valence-electron chi connectivity index (χ2n) is 5.12. The number of likely N-dealkylation sites (N-methyl/N-ethyl adjacent to an activating group) is 1. The lowest BCUT2D eigenvalue weighted by atomic mass is 10.1. The van der Waals surface area contributed by atoms with E-state index in [1.165, 1.54) is 0 Å². The smallest absolute Gasteiger partial charge is 0.221 e. The number of aryl methyl sites for hydroxylation is 1. The summed E-state index contributed by atoms with van der Waals surface area (Å²) in [4.78, 5) is 9.96. The van der Waals surface area contributed by atoms with E-state index >= 15 is 0 Å². The van der Waals surface area contributed by atoms with Crippen molar-refractivity contribution < 1.29 is 9.84 Å². The molecule has 2 heterocycles. The Labute approximate surface area is 138 Å². The van der Waals surface area contributed by atoms with Gasteiger partial charge in [0, 0.05) is 30.0 Å². The van der Waals surface area contributed by atoms with E-state index in [1.807, 2.05) is 19.1 Å². The predicted octanol–water partition coefficient (Wildman–Crippen LogP) is 1.61. The Kier molecular flexibility index (Phi) is 4.31. The number of aliphatic hydroxyl groups excluding tert-OH is 1. The molecule has 1 aliphatic heterocycles. The van der Waals surface area contributed by atoms with Gasteiger partial charge < -0.3 is 14.7 Å². The van der Waals surface area contributed by atoms with Gasteiger partial charge in [-0.2, -0.15) is 5.10 Å². The summed E-state index contributed by atoms with van der Waals surface area (Å²) >= 11 is 6.23. The average Bonchev–Trinajstić information content (AvgIpc) is 2.88. The second kappa shape index (κ2) is 6.39. The quantitative estimate of drug-likeness (QED) is 0.884. The topological polar surface area (TPSA) is 82.9 Å². The average molecular weight is 334 g/mol. The number of hydrogen-bond donors (Lipinski definition) is 2. The molecular weight excluding hydrogens is 318 g/mol. The van der Waals surface area contributed by atoms with Crippen LogP contribution in [0.4, 0.5) is 0 Å². The number of rotatable bonds is 4. The Balaban J connectivity index is 1.88. The fraction of sp³-hybridized carbons (Fsp3) is 0.267. The summed E-state index contributed by atoms with van der Waals surface area (Å²) in [6, 6.07) is 3.66. The molecule has 1 aromatic carbocycles. The fourth-order valence-electron chi connectivity index (χ4n) is 2.13. The monoisotopic (exact) mass is 333 g/mol. The summed E-state index contributed by atoms with van der Waals surface area (Å²) in [6.07, 6.45) is 4.04. The number of benzene rings is 1. The SMILES string of the molecule is Cc1cc(OCC2=NNC(O)N2C)c(-c2cnccn2)cc1Cl. The predicted molar refractivity (Wildman–Crippen MR) is 87.1 cm³/mol. The molecule has 0 aliphatic carbocycles. The summed E-state index contributed by atoms with van der Waals surface area (Å²) in [6.45, 7) is 2.11. The van der Waals surface area contributed by atoms with Crippen LogP contribution >= 0.6 is 11.6 Å².